The Morgan fingerprint density at radius 3 is 2.48 bits per heavy atom. The lowest BCUT2D eigenvalue weighted by atomic mass is 10.1. The van der Waals surface area contributed by atoms with E-state index in [1.165, 1.54) is 6.07 Å². The van der Waals surface area contributed by atoms with E-state index in [2.05, 4.69) is 32.3 Å². The van der Waals surface area contributed by atoms with Crippen molar-refractivity contribution >= 4 is 5.82 Å². The summed E-state index contributed by atoms with van der Waals surface area (Å²) in [6, 6.07) is 5.01. The Balaban J connectivity index is 2.62. The summed E-state index contributed by atoms with van der Waals surface area (Å²) >= 11 is 0. The molecule has 0 amide bonds. The van der Waals surface area contributed by atoms with Crippen molar-refractivity contribution in [3.8, 4) is 11.3 Å². The maximum atomic E-state index is 13.5. The fraction of sp³-hybridized carbons (Fsp3) is 0.471. The molecule has 2 aromatic rings. The highest BCUT2D eigenvalue weighted by molar-refractivity contribution is 5.71. The number of nitrogen functional groups attached to an aromatic ring is 1. The van der Waals surface area contributed by atoms with Gasteiger partial charge in [0.2, 0.25) is 0 Å². The molecule has 1 aromatic carbocycles. The number of aromatic nitrogens is 2. The average molecular weight is 289 g/mol. The van der Waals surface area contributed by atoms with Gasteiger partial charge < -0.3 is 10.3 Å². The van der Waals surface area contributed by atoms with E-state index in [1.807, 2.05) is 0 Å². The number of hydrogen-bond acceptors (Lipinski definition) is 2. The fourth-order valence-electron chi connectivity index (χ4n) is 2.63. The predicted molar refractivity (Wildman–Crippen MR) is 85.8 cm³/mol. The number of benzene rings is 1. The first-order valence-electron chi connectivity index (χ1n) is 7.39. The van der Waals surface area contributed by atoms with Crippen LogP contribution in [0.3, 0.4) is 0 Å². The largest absolute Gasteiger partial charge is 0.383 e. The molecular formula is C17H24FN3. The van der Waals surface area contributed by atoms with E-state index in [0.29, 0.717) is 11.4 Å². The van der Waals surface area contributed by atoms with Crippen LogP contribution in [0.1, 0.15) is 45.5 Å². The monoisotopic (exact) mass is 289 g/mol. The first-order valence-corrected chi connectivity index (χ1v) is 7.39. The third kappa shape index (κ3) is 2.94. The fourth-order valence-corrected chi connectivity index (χ4v) is 2.63. The minimum atomic E-state index is -0.207. The molecule has 0 saturated carbocycles. The minimum Gasteiger partial charge on any atom is -0.383 e. The second-order valence-electron chi connectivity index (χ2n) is 6.48. The first kappa shape index (κ1) is 15.5. The maximum Gasteiger partial charge on any atom is 0.132 e. The smallest absolute Gasteiger partial charge is 0.132 e. The summed E-state index contributed by atoms with van der Waals surface area (Å²) in [5.74, 6) is 1.43. The van der Waals surface area contributed by atoms with E-state index >= 15 is 0 Å². The molecule has 0 bridgehead atoms. The number of nitrogens with two attached hydrogens (primary N) is 1. The lowest BCUT2D eigenvalue weighted by Gasteiger charge is -2.25. The number of aryl methyl sites for hydroxylation is 2. The van der Waals surface area contributed by atoms with Crippen molar-refractivity contribution in [1.82, 2.24) is 9.55 Å². The SMILES string of the molecule is CCCc1nc(-c2ccc(F)c(C)c2)c(N)n1C(C)(C)C. The Hall–Kier alpha value is -1.84. The van der Waals surface area contributed by atoms with Gasteiger partial charge in [0, 0.05) is 17.5 Å². The Labute approximate surface area is 126 Å². The number of anilines is 1. The zero-order valence-corrected chi connectivity index (χ0v) is 13.5. The van der Waals surface area contributed by atoms with Crippen molar-refractivity contribution < 1.29 is 4.39 Å². The number of nitrogens with zero attached hydrogens (tertiary/aromatic N) is 2. The van der Waals surface area contributed by atoms with Crippen molar-refractivity contribution in [2.45, 2.75) is 53.0 Å². The van der Waals surface area contributed by atoms with Gasteiger partial charge in [-0.3, -0.25) is 0 Å². The van der Waals surface area contributed by atoms with Crippen molar-refractivity contribution in [3.63, 3.8) is 0 Å². The summed E-state index contributed by atoms with van der Waals surface area (Å²) in [6.45, 7) is 10.2. The van der Waals surface area contributed by atoms with Crippen molar-refractivity contribution in [2.24, 2.45) is 0 Å². The highest BCUT2D eigenvalue weighted by atomic mass is 19.1. The topological polar surface area (TPSA) is 43.8 Å². The van der Waals surface area contributed by atoms with Gasteiger partial charge in [-0.05, 0) is 57.9 Å². The molecule has 0 aliphatic carbocycles. The van der Waals surface area contributed by atoms with Crippen molar-refractivity contribution in [2.75, 3.05) is 5.73 Å². The van der Waals surface area contributed by atoms with Crippen LogP contribution in [-0.2, 0) is 12.0 Å². The molecule has 0 saturated heterocycles. The molecule has 0 aliphatic rings. The number of rotatable bonds is 3. The van der Waals surface area contributed by atoms with Crippen LogP contribution in [0, 0.1) is 12.7 Å². The summed E-state index contributed by atoms with van der Waals surface area (Å²) in [6.07, 6.45) is 1.88. The van der Waals surface area contributed by atoms with Crippen LogP contribution in [0.5, 0.6) is 0 Å². The molecule has 4 heteroatoms. The van der Waals surface area contributed by atoms with Gasteiger partial charge in [0.25, 0.3) is 0 Å². The van der Waals surface area contributed by atoms with E-state index in [4.69, 9.17) is 10.7 Å². The van der Waals surface area contributed by atoms with E-state index in [-0.39, 0.29) is 11.4 Å². The summed E-state index contributed by atoms with van der Waals surface area (Å²) in [7, 11) is 0. The van der Waals surface area contributed by atoms with Gasteiger partial charge in [0.15, 0.2) is 0 Å². The molecular weight excluding hydrogens is 265 g/mol. The van der Waals surface area contributed by atoms with Gasteiger partial charge in [-0.25, -0.2) is 9.37 Å². The van der Waals surface area contributed by atoms with Crippen LogP contribution in [0.4, 0.5) is 10.2 Å². The van der Waals surface area contributed by atoms with Crippen LogP contribution in [0.2, 0.25) is 0 Å². The summed E-state index contributed by atoms with van der Waals surface area (Å²) in [4.78, 5) is 4.72. The standard InChI is InChI=1S/C17H24FN3/c1-6-7-14-20-15(16(19)21(14)17(3,4)5)12-8-9-13(18)11(2)10-12/h8-10H,6-7,19H2,1-5H3. The molecule has 0 radical (unpaired) electrons. The molecule has 2 rings (SSSR count). The van der Waals surface area contributed by atoms with Gasteiger partial charge in [-0.2, -0.15) is 0 Å². The molecule has 0 aliphatic heterocycles. The van der Waals surface area contributed by atoms with Gasteiger partial charge in [-0.15, -0.1) is 0 Å². The molecule has 21 heavy (non-hydrogen) atoms. The number of hydrogen-bond donors (Lipinski definition) is 1. The Kier molecular flexibility index (Phi) is 4.08. The quantitative estimate of drug-likeness (QED) is 0.916. The van der Waals surface area contributed by atoms with Gasteiger partial charge in [0.1, 0.15) is 23.2 Å². The highest BCUT2D eigenvalue weighted by Gasteiger charge is 2.24. The van der Waals surface area contributed by atoms with Crippen LogP contribution in [-0.4, -0.2) is 9.55 Å². The van der Waals surface area contributed by atoms with E-state index in [9.17, 15) is 4.39 Å². The van der Waals surface area contributed by atoms with Gasteiger partial charge in [-0.1, -0.05) is 6.92 Å². The highest BCUT2D eigenvalue weighted by Crippen LogP contribution is 2.32. The third-order valence-electron chi connectivity index (χ3n) is 3.56. The Bertz CT molecular complexity index is 651. The zero-order chi connectivity index (χ0) is 15.8. The lowest BCUT2D eigenvalue weighted by Crippen LogP contribution is -2.25. The molecule has 3 nitrogen and oxygen atoms in total. The molecule has 0 spiro atoms. The third-order valence-corrected chi connectivity index (χ3v) is 3.56. The molecule has 1 aromatic heterocycles. The molecule has 0 atom stereocenters. The minimum absolute atomic E-state index is 0.130. The predicted octanol–water partition coefficient (Wildman–Crippen LogP) is 4.29. The van der Waals surface area contributed by atoms with Gasteiger partial charge >= 0.3 is 0 Å². The second-order valence-corrected chi connectivity index (χ2v) is 6.48. The summed E-state index contributed by atoms with van der Waals surface area (Å²) in [5, 5.41) is 0. The number of halogens is 1. The molecule has 114 valence electrons. The zero-order valence-electron chi connectivity index (χ0n) is 13.5. The average Bonchev–Trinajstić information content (AvgIpc) is 2.70. The van der Waals surface area contributed by atoms with Crippen LogP contribution >= 0.6 is 0 Å². The lowest BCUT2D eigenvalue weighted by molar-refractivity contribution is 0.387. The van der Waals surface area contributed by atoms with Crippen molar-refractivity contribution in [3.05, 3.63) is 35.4 Å². The molecule has 1 heterocycles. The van der Waals surface area contributed by atoms with Crippen LogP contribution < -0.4 is 5.73 Å². The van der Waals surface area contributed by atoms with E-state index in [0.717, 1.165) is 29.9 Å². The summed E-state index contributed by atoms with van der Waals surface area (Å²) in [5.41, 5.74) is 8.44. The maximum absolute atomic E-state index is 13.5. The second kappa shape index (κ2) is 5.51. The van der Waals surface area contributed by atoms with Crippen LogP contribution in [0.25, 0.3) is 11.3 Å². The van der Waals surface area contributed by atoms with Gasteiger partial charge in [0.05, 0.1) is 0 Å². The number of imidazole rings is 1. The first-order chi connectivity index (χ1) is 9.75. The van der Waals surface area contributed by atoms with Crippen molar-refractivity contribution in [1.29, 1.82) is 0 Å². The molecule has 2 N–H and O–H groups in total. The molecule has 0 unspecified atom stereocenters. The van der Waals surface area contributed by atoms with E-state index in [1.54, 1.807) is 19.1 Å². The summed E-state index contributed by atoms with van der Waals surface area (Å²) < 4.78 is 15.5. The normalized spacial score (nSPS) is 11.9. The van der Waals surface area contributed by atoms with Crippen LogP contribution in [0.15, 0.2) is 18.2 Å². The molecule has 0 fully saturated rings. The van der Waals surface area contributed by atoms with E-state index < -0.39 is 0 Å². The Morgan fingerprint density at radius 2 is 1.95 bits per heavy atom. The Morgan fingerprint density at radius 1 is 1.29 bits per heavy atom.